The van der Waals surface area contributed by atoms with Crippen molar-refractivity contribution in [2.75, 3.05) is 9.80 Å². The fourth-order valence-corrected chi connectivity index (χ4v) is 10.2. The van der Waals surface area contributed by atoms with Crippen LogP contribution in [0.25, 0.3) is 33.4 Å². The van der Waals surface area contributed by atoms with Crippen molar-refractivity contribution in [2.45, 2.75) is 0 Å². The second-order valence-electron chi connectivity index (χ2n) is 15.6. The quantitative estimate of drug-likeness (QED) is 0.157. The minimum absolute atomic E-state index is 0.0570. The number of benzene rings is 9. The highest BCUT2D eigenvalue weighted by Crippen LogP contribution is 2.44. The molecule has 12 rings (SSSR count). The Morgan fingerprint density at radius 1 is 0.259 bits per heavy atom. The van der Waals surface area contributed by atoms with Gasteiger partial charge in [-0.1, -0.05) is 174 Å². The molecule has 0 aliphatic carbocycles. The Balaban J connectivity index is 1.24. The second kappa shape index (κ2) is 13.1. The molecule has 0 aromatic heterocycles. The minimum Gasteiger partial charge on any atom is -0.311 e. The van der Waals surface area contributed by atoms with Gasteiger partial charge in [0.05, 0.1) is 0 Å². The van der Waals surface area contributed by atoms with Crippen LogP contribution in [-0.2, 0) is 0 Å². The number of anilines is 6. The highest BCUT2D eigenvalue weighted by atomic mass is 15.2. The van der Waals surface area contributed by atoms with Gasteiger partial charge in [-0.05, 0) is 110 Å². The van der Waals surface area contributed by atoms with E-state index in [0.717, 1.165) is 11.4 Å². The van der Waals surface area contributed by atoms with Gasteiger partial charge in [0.15, 0.2) is 0 Å². The summed E-state index contributed by atoms with van der Waals surface area (Å²) in [5.74, 6) is 0. The number of hydrogen-bond donors (Lipinski definition) is 0. The average molecular weight is 735 g/mol. The third-order valence-electron chi connectivity index (χ3n) is 12.5. The summed E-state index contributed by atoms with van der Waals surface area (Å²) in [6, 6.07) is 80.7. The van der Waals surface area contributed by atoms with Crippen LogP contribution in [0.1, 0.15) is 0 Å². The predicted molar refractivity (Wildman–Crippen MR) is 248 cm³/mol. The van der Waals surface area contributed by atoms with E-state index in [4.69, 9.17) is 0 Å². The van der Waals surface area contributed by atoms with Gasteiger partial charge in [-0.2, -0.15) is 0 Å². The third-order valence-corrected chi connectivity index (χ3v) is 12.5. The Morgan fingerprint density at radius 3 is 1.05 bits per heavy atom. The second-order valence-corrected chi connectivity index (χ2v) is 15.6. The van der Waals surface area contributed by atoms with Crippen LogP contribution in [0.3, 0.4) is 0 Å². The van der Waals surface area contributed by atoms with Crippen molar-refractivity contribution < 1.29 is 0 Å². The molecular formula is C54H36B2N2. The molecule has 0 N–H and O–H groups in total. The van der Waals surface area contributed by atoms with Gasteiger partial charge >= 0.3 is 0 Å². The summed E-state index contributed by atoms with van der Waals surface area (Å²) in [4.78, 5) is 5.03. The number of hydrogen-bond acceptors (Lipinski definition) is 2. The van der Waals surface area contributed by atoms with E-state index in [9.17, 15) is 0 Å². The van der Waals surface area contributed by atoms with E-state index in [-0.39, 0.29) is 13.4 Å². The van der Waals surface area contributed by atoms with Crippen LogP contribution in [0.2, 0.25) is 0 Å². The Hall–Kier alpha value is -7.29. The maximum atomic E-state index is 2.52. The number of nitrogens with zero attached hydrogens (tertiary/aromatic N) is 2. The molecular weight excluding hydrogens is 698 g/mol. The third kappa shape index (κ3) is 4.88. The molecule has 58 heavy (non-hydrogen) atoms. The lowest BCUT2D eigenvalue weighted by Crippen LogP contribution is -2.78. The van der Waals surface area contributed by atoms with E-state index in [1.54, 1.807) is 0 Å². The molecule has 4 heteroatoms. The molecule has 0 unspecified atom stereocenters. The monoisotopic (exact) mass is 734 g/mol. The van der Waals surface area contributed by atoms with Gasteiger partial charge in [0.25, 0.3) is 6.71 Å². The first kappa shape index (κ1) is 32.9. The van der Waals surface area contributed by atoms with Crippen molar-refractivity contribution in [3.63, 3.8) is 0 Å². The van der Waals surface area contributed by atoms with Crippen molar-refractivity contribution in [3.05, 3.63) is 218 Å². The van der Waals surface area contributed by atoms with Gasteiger partial charge in [-0.3, -0.25) is 0 Å². The van der Waals surface area contributed by atoms with Crippen LogP contribution in [-0.4, -0.2) is 13.4 Å². The zero-order valence-electron chi connectivity index (χ0n) is 31.8. The Morgan fingerprint density at radius 2 is 0.621 bits per heavy atom. The van der Waals surface area contributed by atoms with Crippen LogP contribution in [0, 0.1) is 0 Å². The summed E-state index contributed by atoms with van der Waals surface area (Å²) in [5.41, 5.74) is 22.9. The van der Waals surface area contributed by atoms with Gasteiger partial charge in [-0.15, -0.1) is 0 Å². The molecule has 0 saturated heterocycles. The number of rotatable bonds is 6. The van der Waals surface area contributed by atoms with E-state index in [1.807, 2.05) is 0 Å². The summed E-state index contributed by atoms with van der Waals surface area (Å²) >= 11 is 0. The molecule has 2 nitrogen and oxygen atoms in total. The minimum atomic E-state index is -0.0570. The highest BCUT2D eigenvalue weighted by Gasteiger charge is 2.50. The smallest absolute Gasteiger partial charge is 0.250 e. The van der Waals surface area contributed by atoms with Gasteiger partial charge in [-0.25, -0.2) is 0 Å². The first-order valence-electron chi connectivity index (χ1n) is 20.3. The van der Waals surface area contributed by atoms with Gasteiger partial charge in [0, 0.05) is 34.1 Å². The van der Waals surface area contributed by atoms with Gasteiger partial charge in [0.1, 0.15) is 0 Å². The summed E-state index contributed by atoms with van der Waals surface area (Å²) in [6.07, 6.45) is 0. The van der Waals surface area contributed by atoms with Crippen LogP contribution in [0.5, 0.6) is 0 Å². The summed E-state index contributed by atoms with van der Waals surface area (Å²) in [5, 5.41) is 0. The molecule has 9 aromatic rings. The highest BCUT2D eigenvalue weighted by molar-refractivity contribution is 7.14. The summed E-state index contributed by atoms with van der Waals surface area (Å²) in [7, 11) is 0. The van der Waals surface area contributed by atoms with E-state index in [0.29, 0.717) is 0 Å². The maximum absolute atomic E-state index is 2.52. The van der Waals surface area contributed by atoms with Crippen LogP contribution < -0.4 is 42.6 Å². The molecule has 0 radical (unpaired) electrons. The molecule has 0 bridgehead atoms. The van der Waals surface area contributed by atoms with Crippen molar-refractivity contribution >= 4 is 80.3 Å². The van der Waals surface area contributed by atoms with E-state index < -0.39 is 0 Å². The lowest BCUT2D eigenvalue weighted by Gasteiger charge is -2.48. The fourth-order valence-electron chi connectivity index (χ4n) is 10.2. The maximum Gasteiger partial charge on any atom is 0.250 e. The molecule has 3 heterocycles. The van der Waals surface area contributed by atoms with Gasteiger partial charge < -0.3 is 9.80 Å². The molecule has 0 atom stereocenters. The Labute approximate surface area is 340 Å². The van der Waals surface area contributed by atoms with E-state index >= 15 is 0 Å². The van der Waals surface area contributed by atoms with Crippen molar-refractivity contribution in [3.8, 4) is 33.4 Å². The summed E-state index contributed by atoms with van der Waals surface area (Å²) in [6.45, 7) is 0.0159. The Bertz CT molecular complexity index is 2830. The van der Waals surface area contributed by atoms with Crippen molar-refractivity contribution in [1.82, 2.24) is 0 Å². The predicted octanol–water partition coefficient (Wildman–Crippen LogP) is 9.60. The van der Waals surface area contributed by atoms with Crippen LogP contribution in [0.15, 0.2) is 218 Å². The lowest BCUT2D eigenvalue weighted by atomic mass is 9.19. The summed E-state index contributed by atoms with van der Waals surface area (Å²) < 4.78 is 0. The van der Waals surface area contributed by atoms with Crippen LogP contribution in [0.4, 0.5) is 34.1 Å². The molecule has 3 aliphatic rings. The fraction of sp³-hybridized carbons (Fsp3) is 0. The molecule has 0 fully saturated rings. The molecule has 3 aliphatic heterocycles. The van der Waals surface area contributed by atoms with Crippen LogP contribution >= 0.6 is 0 Å². The largest absolute Gasteiger partial charge is 0.311 e. The average Bonchev–Trinajstić information content (AvgIpc) is 3.30. The molecule has 9 aromatic carbocycles. The normalized spacial score (nSPS) is 13.0. The first-order valence-corrected chi connectivity index (χ1v) is 20.3. The molecule has 0 saturated carbocycles. The van der Waals surface area contributed by atoms with Crippen molar-refractivity contribution in [1.29, 1.82) is 0 Å². The molecule has 0 spiro atoms. The lowest BCUT2D eigenvalue weighted by molar-refractivity contribution is 1.25. The molecule has 268 valence electrons. The Kier molecular flexibility index (Phi) is 7.46. The SMILES string of the molecule is c1ccc(-c2cc(-c3ccccc3)c(B3c4cccc5c4B4c6c3cccc6N(c3ccccc3)c3cccc(c34)N5c3ccccc3)c(-c3ccccc3)c2)cc1. The number of para-hydroxylation sites is 2. The molecule has 0 amide bonds. The zero-order valence-corrected chi connectivity index (χ0v) is 31.8. The standard InChI is InChI=1S/C54H36B2N2/c1-6-19-37(20-7-1)40-35-43(38-21-8-2-9-22-38)51(44(36-40)39-23-10-3-11-24-39)55-45-29-16-31-47-52(45)56-53-46(55)30-17-32-48(53)58(42-27-14-5-15-28-42)50-34-18-33-49(54(50)56)57(47)41-25-12-4-13-26-41/h1-36H. The topological polar surface area (TPSA) is 6.48 Å². The zero-order chi connectivity index (χ0) is 38.2. The van der Waals surface area contributed by atoms with Crippen molar-refractivity contribution in [2.24, 2.45) is 0 Å². The van der Waals surface area contributed by atoms with Gasteiger partial charge in [0.2, 0.25) is 6.71 Å². The first-order chi connectivity index (χ1) is 28.8. The van der Waals surface area contributed by atoms with E-state index in [1.165, 1.54) is 88.9 Å². The van der Waals surface area contributed by atoms with E-state index in [2.05, 4.69) is 228 Å².